The third-order valence-electron chi connectivity index (χ3n) is 4.98. The van der Waals surface area contributed by atoms with Gasteiger partial charge in [0.15, 0.2) is 0 Å². The Morgan fingerprint density at radius 1 is 1.19 bits per heavy atom. The highest BCUT2D eigenvalue weighted by Crippen LogP contribution is 2.40. The Kier molecular flexibility index (Phi) is 3.54. The molecule has 1 aliphatic carbocycles. The number of nitrogens with zero attached hydrogens (tertiary/aromatic N) is 3. The van der Waals surface area contributed by atoms with Crippen LogP contribution in [0.2, 0.25) is 5.28 Å². The molecule has 1 aliphatic heterocycles. The molecule has 2 unspecified atom stereocenters. The molecular formula is C16H20ClN3S. The van der Waals surface area contributed by atoms with Gasteiger partial charge in [0.05, 0.1) is 5.39 Å². The van der Waals surface area contributed by atoms with Crippen molar-refractivity contribution in [2.45, 2.75) is 51.5 Å². The third kappa shape index (κ3) is 2.42. The fourth-order valence-electron chi connectivity index (χ4n) is 4.11. The summed E-state index contributed by atoms with van der Waals surface area (Å²) in [4.78, 5) is 13.9. The molecule has 21 heavy (non-hydrogen) atoms. The van der Waals surface area contributed by atoms with E-state index in [4.69, 9.17) is 11.6 Å². The van der Waals surface area contributed by atoms with Gasteiger partial charge < -0.3 is 4.90 Å². The van der Waals surface area contributed by atoms with Gasteiger partial charge in [0.25, 0.3) is 0 Å². The number of thiophene rings is 1. The van der Waals surface area contributed by atoms with Crippen molar-refractivity contribution in [1.29, 1.82) is 0 Å². The molecular weight excluding hydrogens is 302 g/mol. The van der Waals surface area contributed by atoms with E-state index < -0.39 is 0 Å². The van der Waals surface area contributed by atoms with E-state index in [1.807, 2.05) is 0 Å². The largest absolute Gasteiger partial charge is 0.353 e. The number of piperidine rings is 1. The zero-order chi connectivity index (χ0) is 14.4. The summed E-state index contributed by atoms with van der Waals surface area (Å²) in [6.45, 7) is 3.24. The van der Waals surface area contributed by atoms with Crippen molar-refractivity contribution in [2.75, 3.05) is 11.4 Å². The van der Waals surface area contributed by atoms with Crippen LogP contribution in [-0.4, -0.2) is 22.6 Å². The lowest BCUT2D eigenvalue weighted by Gasteiger charge is -2.45. The van der Waals surface area contributed by atoms with Crippen molar-refractivity contribution in [1.82, 2.24) is 9.97 Å². The lowest BCUT2D eigenvalue weighted by Crippen LogP contribution is -2.47. The van der Waals surface area contributed by atoms with E-state index in [1.165, 1.54) is 48.8 Å². The SMILES string of the molecule is Cc1cc2c(N3CCCC4CCCCC43)nc(Cl)nc2s1. The summed E-state index contributed by atoms with van der Waals surface area (Å²) < 4.78 is 0. The van der Waals surface area contributed by atoms with E-state index in [0.29, 0.717) is 11.3 Å². The zero-order valence-electron chi connectivity index (χ0n) is 12.3. The molecule has 0 N–H and O–H groups in total. The first-order valence-electron chi connectivity index (χ1n) is 7.93. The first kappa shape index (κ1) is 13.8. The first-order chi connectivity index (χ1) is 10.2. The highest BCUT2D eigenvalue weighted by molar-refractivity contribution is 7.18. The normalized spacial score (nSPS) is 26.1. The van der Waals surface area contributed by atoms with Crippen molar-refractivity contribution in [3.63, 3.8) is 0 Å². The standard InChI is InChI=1S/C16H20ClN3S/c1-10-9-12-14(18-16(17)19-15(12)21-10)20-8-4-6-11-5-2-3-7-13(11)20/h9,11,13H,2-8H2,1H3. The van der Waals surface area contributed by atoms with E-state index in [0.717, 1.165) is 23.1 Å². The lowest BCUT2D eigenvalue weighted by atomic mass is 9.78. The molecule has 2 aromatic rings. The van der Waals surface area contributed by atoms with Gasteiger partial charge in [0, 0.05) is 17.5 Å². The minimum atomic E-state index is 0.386. The Labute approximate surface area is 134 Å². The third-order valence-corrected chi connectivity index (χ3v) is 6.10. The predicted octanol–water partition coefficient (Wildman–Crippen LogP) is 4.81. The lowest BCUT2D eigenvalue weighted by molar-refractivity contribution is 0.243. The van der Waals surface area contributed by atoms with Crippen LogP contribution in [0.4, 0.5) is 5.82 Å². The smallest absolute Gasteiger partial charge is 0.225 e. The van der Waals surface area contributed by atoms with E-state index in [-0.39, 0.29) is 0 Å². The monoisotopic (exact) mass is 321 g/mol. The molecule has 0 bridgehead atoms. The number of fused-ring (bicyclic) bond motifs is 2. The van der Waals surface area contributed by atoms with E-state index in [9.17, 15) is 0 Å². The second-order valence-corrected chi connectivity index (χ2v) is 7.91. The summed E-state index contributed by atoms with van der Waals surface area (Å²) >= 11 is 7.90. The van der Waals surface area contributed by atoms with Gasteiger partial charge in [-0.3, -0.25) is 0 Å². The van der Waals surface area contributed by atoms with Gasteiger partial charge in [-0.15, -0.1) is 11.3 Å². The molecule has 2 aromatic heterocycles. The van der Waals surface area contributed by atoms with Crippen molar-refractivity contribution in [2.24, 2.45) is 5.92 Å². The second-order valence-electron chi connectivity index (χ2n) is 6.34. The Hall–Kier alpha value is -0.870. The maximum absolute atomic E-state index is 6.19. The quantitative estimate of drug-likeness (QED) is 0.706. The molecule has 4 rings (SSSR count). The molecule has 0 spiro atoms. The van der Waals surface area contributed by atoms with Crippen LogP contribution in [-0.2, 0) is 0 Å². The Morgan fingerprint density at radius 3 is 2.90 bits per heavy atom. The molecule has 112 valence electrons. The van der Waals surface area contributed by atoms with Crippen LogP contribution in [0.25, 0.3) is 10.2 Å². The number of aromatic nitrogens is 2. The van der Waals surface area contributed by atoms with Crippen molar-refractivity contribution >= 4 is 39.0 Å². The Bertz CT molecular complexity index is 667. The number of rotatable bonds is 1. The average Bonchev–Trinajstić information content (AvgIpc) is 2.86. The minimum absolute atomic E-state index is 0.386. The minimum Gasteiger partial charge on any atom is -0.353 e. The van der Waals surface area contributed by atoms with Gasteiger partial charge in [-0.1, -0.05) is 12.8 Å². The maximum Gasteiger partial charge on any atom is 0.225 e. The first-order valence-corrected chi connectivity index (χ1v) is 9.12. The summed E-state index contributed by atoms with van der Waals surface area (Å²) in [7, 11) is 0. The molecule has 5 heteroatoms. The highest BCUT2D eigenvalue weighted by Gasteiger charge is 2.34. The van der Waals surface area contributed by atoms with E-state index >= 15 is 0 Å². The van der Waals surface area contributed by atoms with E-state index in [2.05, 4.69) is 27.9 Å². The van der Waals surface area contributed by atoms with Crippen LogP contribution >= 0.6 is 22.9 Å². The topological polar surface area (TPSA) is 29.0 Å². The van der Waals surface area contributed by atoms with Crippen molar-refractivity contribution < 1.29 is 0 Å². The number of hydrogen-bond acceptors (Lipinski definition) is 4. The van der Waals surface area contributed by atoms with Crippen LogP contribution in [0.5, 0.6) is 0 Å². The van der Waals surface area contributed by atoms with Crippen LogP contribution < -0.4 is 4.90 Å². The molecule has 1 saturated carbocycles. The van der Waals surface area contributed by atoms with Crippen LogP contribution in [0.1, 0.15) is 43.4 Å². The van der Waals surface area contributed by atoms with Crippen LogP contribution in [0.3, 0.4) is 0 Å². The fourth-order valence-corrected chi connectivity index (χ4v) is 5.20. The molecule has 0 aromatic carbocycles. The Morgan fingerprint density at radius 2 is 2.00 bits per heavy atom. The van der Waals surface area contributed by atoms with Gasteiger partial charge in [-0.05, 0) is 56.2 Å². The molecule has 0 radical (unpaired) electrons. The van der Waals surface area contributed by atoms with Gasteiger partial charge >= 0.3 is 0 Å². The maximum atomic E-state index is 6.19. The molecule has 3 nitrogen and oxygen atoms in total. The van der Waals surface area contributed by atoms with Gasteiger partial charge in [-0.2, -0.15) is 4.98 Å². The molecule has 1 saturated heterocycles. The summed E-state index contributed by atoms with van der Waals surface area (Å²) in [5.74, 6) is 1.92. The van der Waals surface area contributed by atoms with Gasteiger partial charge in [0.2, 0.25) is 5.28 Å². The molecule has 2 atom stereocenters. The van der Waals surface area contributed by atoms with Gasteiger partial charge in [-0.25, -0.2) is 4.98 Å². The summed E-state index contributed by atoms with van der Waals surface area (Å²) in [6.07, 6.45) is 8.08. The number of hydrogen-bond donors (Lipinski definition) is 0. The molecule has 2 fully saturated rings. The molecule has 2 aliphatic rings. The average molecular weight is 322 g/mol. The molecule has 3 heterocycles. The zero-order valence-corrected chi connectivity index (χ0v) is 13.9. The number of aryl methyl sites for hydroxylation is 1. The predicted molar refractivity (Wildman–Crippen MR) is 89.5 cm³/mol. The summed E-state index contributed by atoms with van der Waals surface area (Å²) in [5.41, 5.74) is 0. The highest BCUT2D eigenvalue weighted by atomic mass is 35.5. The number of halogens is 1. The van der Waals surface area contributed by atoms with Crippen molar-refractivity contribution in [3.8, 4) is 0 Å². The fraction of sp³-hybridized carbons (Fsp3) is 0.625. The Balaban J connectivity index is 1.80. The van der Waals surface area contributed by atoms with Crippen molar-refractivity contribution in [3.05, 3.63) is 16.2 Å². The second kappa shape index (κ2) is 5.40. The summed E-state index contributed by atoms with van der Waals surface area (Å²) in [5, 5.41) is 1.57. The van der Waals surface area contributed by atoms with Crippen LogP contribution in [0.15, 0.2) is 6.07 Å². The van der Waals surface area contributed by atoms with Gasteiger partial charge in [0.1, 0.15) is 10.6 Å². The summed E-state index contributed by atoms with van der Waals surface area (Å²) in [6, 6.07) is 2.87. The van der Waals surface area contributed by atoms with E-state index in [1.54, 1.807) is 11.3 Å². The molecule has 0 amide bonds. The van der Waals surface area contributed by atoms with Crippen LogP contribution in [0, 0.1) is 12.8 Å². The number of anilines is 1.